The topological polar surface area (TPSA) is 35.5 Å². The van der Waals surface area contributed by atoms with E-state index in [2.05, 4.69) is 15.9 Å². The molecule has 0 bridgehead atoms. The summed E-state index contributed by atoms with van der Waals surface area (Å²) in [7, 11) is -0.382. The third-order valence-electron chi connectivity index (χ3n) is 2.10. The van der Waals surface area contributed by atoms with Crippen LogP contribution in [0.5, 0.6) is 0 Å². The van der Waals surface area contributed by atoms with Crippen molar-refractivity contribution in [2.24, 2.45) is 0 Å². The van der Waals surface area contributed by atoms with Gasteiger partial charge in [0.15, 0.2) is 0 Å². The van der Waals surface area contributed by atoms with Crippen molar-refractivity contribution in [1.29, 1.82) is 0 Å². The van der Waals surface area contributed by atoms with Crippen LogP contribution in [0.1, 0.15) is 10.4 Å². The second-order valence-electron chi connectivity index (χ2n) is 3.09. The first-order valence-electron chi connectivity index (χ1n) is 4.41. The number of benzene rings is 1. The van der Waals surface area contributed by atoms with Crippen molar-refractivity contribution in [3.63, 3.8) is 0 Å². The van der Waals surface area contributed by atoms with Crippen LogP contribution in [0.25, 0.3) is 0 Å². The van der Waals surface area contributed by atoms with Crippen molar-refractivity contribution >= 4 is 45.4 Å². The van der Waals surface area contributed by atoms with Crippen LogP contribution >= 0.6 is 27.5 Å². The average molecular weight is 289 g/mol. The molecule has 1 aliphatic rings. The molecule has 3 nitrogen and oxygen atoms in total. The molecule has 6 heteroatoms. The summed E-state index contributed by atoms with van der Waals surface area (Å²) >= 11 is 8.69. The van der Waals surface area contributed by atoms with Crippen molar-refractivity contribution in [3.8, 4) is 0 Å². The van der Waals surface area contributed by atoms with E-state index in [4.69, 9.17) is 20.9 Å². The molecule has 0 saturated carbocycles. The molecular weight excluding hydrogens is 282 g/mol. The van der Waals surface area contributed by atoms with E-state index >= 15 is 0 Å². The van der Waals surface area contributed by atoms with Gasteiger partial charge in [-0.15, -0.1) is 0 Å². The van der Waals surface area contributed by atoms with Gasteiger partial charge in [0, 0.05) is 10.0 Å². The molecule has 1 saturated heterocycles. The summed E-state index contributed by atoms with van der Waals surface area (Å²) in [6, 6.07) is 5.27. The van der Waals surface area contributed by atoms with Gasteiger partial charge in [-0.3, -0.25) is 4.79 Å². The highest BCUT2D eigenvalue weighted by atomic mass is 79.9. The van der Waals surface area contributed by atoms with Crippen molar-refractivity contribution < 1.29 is 14.1 Å². The minimum absolute atomic E-state index is 0.382. The lowest BCUT2D eigenvalue weighted by atomic mass is 9.79. The van der Waals surface area contributed by atoms with E-state index < -0.39 is 5.24 Å². The minimum atomic E-state index is -0.498. The summed E-state index contributed by atoms with van der Waals surface area (Å²) in [5.74, 6) is 0. The van der Waals surface area contributed by atoms with Gasteiger partial charge in [0.25, 0.3) is 5.24 Å². The largest absolute Gasteiger partial charge is 0.494 e. The Balaban J connectivity index is 2.33. The number of rotatable bonds is 2. The van der Waals surface area contributed by atoms with Crippen LogP contribution in [0, 0.1) is 0 Å². The maximum atomic E-state index is 11.1. The first-order valence-corrected chi connectivity index (χ1v) is 5.58. The Morgan fingerprint density at radius 3 is 2.67 bits per heavy atom. The molecule has 78 valence electrons. The SMILES string of the molecule is O=C(Cl)c1cc(B2OCCO2)ccc1Br. The standard InChI is InChI=1S/C9H7BBrClO3/c11-8-2-1-6(5-7(8)9(12)13)10-14-3-4-15-10/h1-2,5H,3-4H2. The van der Waals surface area contributed by atoms with Crippen LogP contribution < -0.4 is 5.46 Å². The molecule has 2 rings (SSSR count). The molecule has 0 spiro atoms. The van der Waals surface area contributed by atoms with Gasteiger partial charge in [0.1, 0.15) is 0 Å². The Morgan fingerprint density at radius 1 is 1.40 bits per heavy atom. The van der Waals surface area contributed by atoms with Gasteiger partial charge in [-0.25, -0.2) is 0 Å². The van der Waals surface area contributed by atoms with E-state index in [9.17, 15) is 4.79 Å². The molecule has 1 aromatic rings. The van der Waals surface area contributed by atoms with Crippen LogP contribution in [0.3, 0.4) is 0 Å². The highest BCUT2D eigenvalue weighted by Crippen LogP contribution is 2.17. The van der Waals surface area contributed by atoms with Gasteiger partial charge in [-0.05, 0) is 29.2 Å². The molecule has 1 aromatic carbocycles. The lowest BCUT2D eigenvalue weighted by molar-refractivity contribution is 0.108. The molecule has 0 amide bonds. The average Bonchev–Trinajstić information content (AvgIpc) is 2.71. The second kappa shape index (κ2) is 4.66. The van der Waals surface area contributed by atoms with Crippen LogP contribution in [0.15, 0.2) is 22.7 Å². The van der Waals surface area contributed by atoms with Gasteiger partial charge in [-0.2, -0.15) is 0 Å². The third kappa shape index (κ3) is 2.42. The normalized spacial score (nSPS) is 15.7. The molecule has 0 unspecified atom stereocenters. The smallest absolute Gasteiger partial charge is 0.405 e. The minimum Gasteiger partial charge on any atom is -0.405 e. The van der Waals surface area contributed by atoms with Crippen LogP contribution in [0.4, 0.5) is 0 Å². The van der Waals surface area contributed by atoms with Crippen LogP contribution in [0.2, 0.25) is 0 Å². The summed E-state index contributed by atoms with van der Waals surface area (Å²) in [6.07, 6.45) is 0. The fraction of sp³-hybridized carbons (Fsp3) is 0.222. The summed E-state index contributed by atoms with van der Waals surface area (Å²) in [4.78, 5) is 11.1. The summed E-state index contributed by atoms with van der Waals surface area (Å²) < 4.78 is 11.3. The van der Waals surface area contributed by atoms with E-state index in [0.717, 1.165) is 5.46 Å². The molecule has 1 fully saturated rings. The molecular formula is C9H7BBrClO3. The number of halogens is 2. The van der Waals surface area contributed by atoms with Crippen molar-refractivity contribution in [2.75, 3.05) is 13.2 Å². The maximum absolute atomic E-state index is 11.1. The molecule has 1 heterocycles. The van der Waals surface area contributed by atoms with Crippen molar-refractivity contribution in [1.82, 2.24) is 0 Å². The van der Waals surface area contributed by atoms with Gasteiger partial charge < -0.3 is 9.31 Å². The summed E-state index contributed by atoms with van der Waals surface area (Å²) in [6.45, 7) is 1.15. The van der Waals surface area contributed by atoms with E-state index in [-0.39, 0.29) is 7.12 Å². The Kier molecular flexibility index (Phi) is 3.46. The van der Waals surface area contributed by atoms with E-state index in [1.807, 2.05) is 6.07 Å². The molecule has 0 aromatic heterocycles. The van der Waals surface area contributed by atoms with Crippen LogP contribution in [-0.2, 0) is 9.31 Å². The number of carbonyl (C=O) groups excluding carboxylic acids is 1. The van der Waals surface area contributed by atoms with Crippen molar-refractivity contribution in [3.05, 3.63) is 28.2 Å². The number of carbonyl (C=O) groups is 1. The van der Waals surface area contributed by atoms with E-state index in [0.29, 0.717) is 23.2 Å². The monoisotopic (exact) mass is 288 g/mol. The summed E-state index contributed by atoms with van der Waals surface area (Å²) in [5.41, 5.74) is 1.23. The number of hydrogen-bond acceptors (Lipinski definition) is 3. The molecule has 15 heavy (non-hydrogen) atoms. The second-order valence-corrected chi connectivity index (χ2v) is 4.28. The summed E-state index contributed by atoms with van der Waals surface area (Å²) in [5, 5.41) is -0.498. The predicted octanol–water partition coefficient (Wildman–Crippen LogP) is 1.57. The highest BCUT2D eigenvalue weighted by molar-refractivity contribution is 9.10. The van der Waals surface area contributed by atoms with Crippen molar-refractivity contribution in [2.45, 2.75) is 0 Å². The predicted molar refractivity (Wildman–Crippen MR) is 61.6 cm³/mol. The third-order valence-corrected chi connectivity index (χ3v) is 2.99. The maximum Gasteiger partial charge on any atom is 0.494 e. The zero-order valence-corrected chi connectivity index (χ0v) is 10.0. The Morgan fingerprint density at radius 2 is 2.07 bits per heavy atom. The quantitative estimate of drug-likeness (QED) is 0.612. The Bertz CT molecular complexity index is 393. The molecule has 0 atom stereocenters. The van der Waals surface area contributed by atoms with E-state index in [1.54, 1.807) is 12.1 Å². The molecule has 1 aliphatic heterocycles. The zero-order valence-electron chi connectivity index (χ0n) is 7.70. The van der Waals surface area contributed by atoms with Gasteiger partial charge in [0.05, 0.1) is 13.2 Å². The van der Waals surface area contributed by atoms with Gasteiger partial charge in [-0.1, -0.05) is 22.0 Å². The first kappa shape index (κ1) is 11.1. The van der Waals surface area contributed by atoms with E-state index in [1.165, 1.54) is 0 Å². The van der Waals surface area contributed by atoms with Gasteiger partial charge in [0.2, 0.25) is 0 Å². The Hall–Kier alpha value is -0.355. The zero-order chi connectivity index (χ0) is 10.8. The lowest BCUT2D eigenvalue weighted by Gasteiger charge is -2.06. The Labute approximate surface area is 101 Å². The molecule has 0 N–H and O–H groups in total. The highest BCUT2D eigenvalue weighted by Gasteiger charge is 2.27. The number of hydrogen-bond donors (Lipinski definition) is 0. The molecule has 0 aliphatic carbocycles. The fourth-order valence-corrected chi connectivity index (χ4v) is 2.09. The first-order chi connectivity index (χ1) is 7.18. The van der Waals surface area contributed by atoms with Gasteiger partial charge >= 0.3 is 7.12 Å². The fourth-order valence-electron chi connectivity index (χ4n) is 1.39. The molecule has 0 radical (unpaired) electrons. The van der Waals surface area contributed by atoms with Crippen LogP contribution in [-0.4, -0.2) is 25.6 Å². The lowest BCUT2D eigenvalue weighted by Crippen LogP contribution is -2.32.